The van der Waals surface area contributed by atoms with Crippen LogP contribution in [0.3, 0.4) is 0 Å². The largest absolute Gasteiger partial charge is 0.393 e. The monoisotopic (exact) mass is 198 g/mol. The maximum atomic E-state index is 10.1. The Kier molecular flexibility index (Phi) is 4.94. The second-order valence-electron chi connectivity index (χ2n) is 5.07. The van der Waals surface area contributed by atoms with Gasteiger partial charge in [0.25, 0.3) is 0 Å². The van der Waals surface area contributed by atoms with Crippen LogP contribution >= 0.6 is 0 Å². The van der Waals surface area contributed by atoms with E-state index in [0.29, 0.717) is 11.8 Å². The molecule has 84 valence electrons. The van der Waals surface area contributed by atoms with E-state index < -0.39 is 0 Å². The number of aliphatic hydroxyl groups excluding tert-OH is 1. The molecule has 1 nitrogen and oxygen atoms in total. The van der Waals surface area contributed by atoms with Crippen molar-refractivity contribution in [2.75, 3.05) is 0 Å². The van der Waals surface area contributed by atoms with Gasteiger partial charge in [0.1, 0.15) is 0 Å². The van der Waals surface area contributed by atoms with Crippen molar-refractivity contribution in [2.24, 2.45) is 17.8 Å². The van der Waals surface area contributed by atoms with Crippen molar-refractivity contribution in [3.63, 3.8) is 0 Å². The van der Waals surface area contributed by atoms with Crippen LogP contribution in [0.1, 0.15) is 59.3 Å². The van der Waals surface area contributed by atoms with E-state index in [1.807, 2.05) is 0 Å². The molecule has 0 aromatic heterocycles. The van der Waals surface area contributed by atoms with Crippen LogP contribution in [0, 0.1) is 17.8 Å². The first kappa shape index (κ1) is 12.0. The Labute approximate surface area is 88.9 Å². The summed E-state index contributed by atoms with van der Waals surface area (Å²) in [5.74, 6) is 2.02. The van der Waals surface area contributed by atoms with E-state index in [-0.39, 0.29) is 6.10 Å². The van der Waals surface area contributed by atoms with Crippen molar-refractivity contribution < 1.29 is 5.11 Å². The molecule has 1 fully saturated rings. The van der Waals surface area contributed by atoms with Gasteiger partial charge in [0, 0.05) is 0 Å². The first-order chi connectivity index (χ1) is 6.69. The predicted octanol–water partition coefficient (Wildman–Crippen LogP) is 3.61. The van der Waals surface area contributed by atoms with Gasteiger partial charge >= 0.3 is 0 Å². The molecule has 0 bridgehead atoms. The zero-order valence-electron chi connectivity index (χ0n) is 10.00. The van der Waals surface area contributed by atoms with E-state index in [9.17, 15) is 5.11 Å². The average molecular weight is 198 g/mol. The Bertz CT molecular complexity index is 147. The second-order valence-corrected chi connectivity index (χ2v) is 5.07. The lowest BCUT2D eigenvalue weighted by Crippen LogP contribution is -2.30. The summed E-state index contributed by atoms with van der Waals surface area (Å²) >= 11 is 0. The fraction of sp³-hybridized carbons (Fsp3) is 1.00. The molecule has 0 aromatic rings. The standard InChI is InChI=1S/C13H26O/c1-4-10(3)13(14)12-8-6-11(5-2)7-9-12/h10-14H,4-9H2,1-3H3. The van der Waals surface area contributed by atoms with Gasteiger partial charge in [-0.05, 0) is 30.6 Å². The molecule has 0 saturated heterocycles. The van der Waals surface area contributed by atoms with Crippen molar-refractivity contribution in [1.29, 1.82) is 0 Å². The molecular formula is C13H26O. The minimum atomic E-state index is -0.0437. The summed E-state index contributed by atoms with van der Waals surface area (Å²) in [7, 11) is 0. The van der Waals surface area contributed by atoms with E-state index in [2.05, 4.69) is 20.8 Å². The first-order valence-electron chi connectivity index (χ1n) is 6.37. The van der Waals surface area contributed by atoms with Crippen LogP contribution in [-0.4, -0.2) is 11.2 Å². The third kappa shape index (κ3) is 2.98. The van der Waals surface area contributed by atoms with E-state index >= 15 is 0 Å². The molecule has 14 heavy (non-hydrogen) atoms. The molecule has 0 heterocycles. The number of hydrogen-bond acceptors (Lipinski definition) is 1. The highest BCUT2D eigenvalue weighted by molar-refractivity contribution is 4.79. The topological polar surface area (TPSA) is 20.2 Å². The van der Waals surface area contributed by atoms with Gasteiger partial charge < -0.3 is 5.11 Å². The van der Waals surface area contributed by atoms with Crippen molar-refractivity contribution in [1.82, 2.24) is 0 Å². The predicted molar refractivity (Wildman–Crippen MR) is 61.2 cm³/mol. The lowest BCUT2D eigenvalue weighted by atomic mass is 9.75. The van der Waals surface area contributed by atoms with Gasteiger partial charge in [-0.15, -0.1) is 0 Å². The Hall–Kier alpha value is -0.0400. The molecule has 0 spiro atoms. The molecule has 0 radical (unpaired) electrons. The SMILES string of the molecule is CCC1CCC(C(O)C(C)CC)CC1. The Morgan fingerprint density at radius 3 is 2.14 bits per heavy atom. The molecule has 1 aliphatic carbocycles. The van der Waals surface area contributed by atoms with Crippen LogP contribution in [0.5, 0.6) is 0 Å². The van der Waals surface area contributed by atoms with Gasteiger partial charge in [-0.1, -0.05) is 46.5 Å². The summed E-state index contributed by atoms with van der Waals surface area (Å²) in [6.07, 6.45) is 7.58. The van der Waals surface area contributed by atoms with E-state index in [0.717, 1.165) is 12.3 Å². The highest BCUT2D eigenvalue weighted by atomic mass is 16.3. The molecule has 0 amide bonds. The van der Waals surface area contributed by atoms with Crippen LogP contribution in [0.4, 0.5) is 0 Å². The molecule has 1 aliphatic rings. The van der Waals surface area contributed by atoms with Gasteiger partial charge in [0.2, 0.25) is 0 Å². The van der Waals surface area contributed by atoms with Gasteiger partial charge in [0.05, 0.1) is 6.10 Å². The highest BCUT2D eigenvalue weighted by Crippen LogP contribution is 2.34. The lowest BCUT2D eigenvalue weighted by molar-refractivity contribution is 0.0305. The molecule has 0 aliphatic heterocycles. The summed E-state index contributed by atoms with van der Waals surface area (Å²) in [6, 6.07) is 0. The molecule has 0 aromatic carbocycles. The summed E-state index contributed by atoms with van der Waals surface area (Å²) < 4.78 is 0. The minimum absolute atomic E-state index is 0.0437. The quantitative estimate of drug-likeness (QED) is 0.731. The van der Waals surface area contributed by atoms with E-state index in [4.69, 9.17) is 0 Å². The Balaban J connectivity index is 2.33. The second kappa shape index (κ2) is 5.75. The number of hydrogen-bond donors (Lipinski definition) is 1. The maximum absolute atomic E-state index is 10.1. The van der Waals surface area contributed by atoms with Crippen LogP contribution in [0.25, 0.3) is 0 Å². The average Bonchev–Trinajstić information content (AvgIpc) is 2.27. The van der Waals surface area contributed by atoms with Crippen molar-refractivity contribution >= 4 is 0 Å². The number of aliphatic hydroxyl groups is 1. The van der Waals surface area contributed by atoms with Gasteiger partial charge in [-0.25, -0.2) is 0 Å². The molecule has 1 saturated carbocycles. The van der Waals surface area contributed by atoms with Crippen molar-refractivity contribution in [3.8, 4) is 0 Å². The summed E-state index contributed by atoms with van der Waals surface area (Å²) in [5, 5.41) is 10.1. The van der Waals surface area contributed by atoms with Crippen LogP contribution in [0.2, 0.25) is 0 Å². The zero-order valence-corrected chi connectivity index (χ0v) is 10.00. The normalized spacial score (nSPS) is 32.6. The smallest absolute Gasteiger partial charge is 0.0593 e. The fourth-order valence-corrected chi connectivity index (χ4v) is 2.64. The Morgan fingerprint density at radius 2 is 1.71 bits per heavy atom. The summed E-state index contributed by atoms with van der Waals surface area (Å²) in [4.78, 5) is 0. The first-order valence-corrected chi connectivity index (χ1v) is 6.37. The molecule has 2 unspecified atom stereocenters. The molecule has 1 N–H and O–H groups in total. The van der Waals surface area contributed by atoms with Crippen molar-refractivity contribution in [2.45, 2.75) is 65.4 Å². The summed E-state index contributed by atoms with van der Waals surface area (Å²) in [5.41, 5.74) is 0. The maximum Gasteiger partial charge on any atom is 0.0593 e. The van der Waals surface area contributed by atoms with Crippen LogP contribution < -0.4 is 0 Å². The number of rotatable bonds is 4. The van der Waals surface area contributed by atoms with Crippen LogP contribution in [-0.2, 0) is 0 Å². The van der Waals surface area contributed by atoms with Crippen LogP contribution in [0.15, 0.2) is 0 Å². The third-order valence-corrected chi connectivity index (χ3v) is 4.18. The lowest BCUT2D eigenvalue weighted by Gasteiger charge is -2.33. The minimum Gasteiger partial charge on any atom is -0.393 e. The Morgan fingerprint density at radius 1 is 1.14 bits per heavy atom. The van der Waals surface area contributed by atoms with E-state index in [1.54, 1.807) is 0 Å². The molecule has 2 atom stereocenters. The van der Waals surface area contributed by atoms with Crippen molar-refractivity contribution in [3.05, 3.63) is 0 Å². The fourth-order valence-electron chi connectivity index (χ4n) is 2.64. The highest BCUT2D eigenvalue weighted by Gasteiger charge is 2.28. The third-order valence-electron chi connectivity index (χ3n) is 4.18. The van der Waals surface area contributed by atoms with E-state index in [1.165, 1.54) is 32.1 Å². The molecule has 1 heteroatoms. The van der Waals surface area contributed by atoms with Gasteiger partial charge in [-0.3, -0.25) is 0 Å². The zero-order chi connectivity index (χ0) is 10.6. The molecule has 1 rings (SSSR count). The van der Waals surface area contributed by atoms with Gasteiger partial charge in [0.15, 0.2) is 0 Å². The molecular weight excluding hydrogens is 172 g/mol. The summed E-state index contributed by atoms with van der Waals surface area (Å²) in [6.45, 7) is 6.64. The van der Waals surface area contributed by atoms with Gasteiger partial charge in [-0.2, -0.15) is 0 Å².